The Morgan fingerprint density at radius 1 is 1.09 bits per heavy atom. The van der Waals surface area contributed by atoms with Crippen LogP contribution in [0.3, 0.4) is 0 Å². The fourth-order valence-corrected chi connectivity index (χ4v) is 4.72. The number of benzene rings is 2. The fourth-order valence-electron chi connectivity index (χ4n) is 4.72. The van der Waals surface area contributed by atoms with Crippen molar-refractivity contribution in [2.24, 2.45) is 17.8 Å². The molecule has 2 nitrogen and oxygen atoms in total. The van der Waals surface area contributed by atoms with Crippen LogP contribution in [0.1, 0.15) is 43.0 Å². The van der Waals surface area contributed by atoms with E-state index in [4.69, 9.17) is 0 Å². The predicted molar refractivity (Wildman–Crippen MR) is 89.8 cm³/mol. The largest absolute Gasteiger partial charge is 0.349 e. The Morgan fingerprint density at radius 2 is 1.91 bits per heavy atom. The molecule has 114 valence electrons. The van der Waals surface area contributed by atoms with E-state index in [2.05, 4.69) is 24.4 Å². The quantitative estimate of drug-likeness (QED) is 0.893. The summed E-state index contributed by atoms with van der Waals surface area (Å²) in [7, 11) is 0. The molecule has 2 aromatic carbocycles. The Hall–Kier alpha value is -1.83. The molecule has 0 aliphatic heterocycles. The van der Waals surface area contributed by atoms with Crippen LogP contribution in [-0.4, -0.2) is 11.9 Å². The molecule has 2 heteroatoms. The van der Waals surface area contributed by atoms with Crippen LogP contribution in [-0.2, 0) is 0 Å². The van der Waals surface area contributed by atoms with Crippen molar-refractivity contribution < 1.29 is 4.79 Å². The Bertz CT molecular complexity index is 702. The molecule has 2 aliphatic carbocycles. The fraction of sp³-hybridized carbons (Fsp3) is 0.450. The van der Waals surface area contributed by atoms with Gasteiger partial charge in [0, 0.05) is 11.6 Å². The van der Waals surface area contributed by atoms with E-state index in [1.165, 1.54) is 25.7 Å². The van der Waals surface area contributed by atoms with Gasteiger partial charge in [0.05, 0.1) is 0 Å². The third-order valence-corrected chi connectivity index (χ3v) is 5.83. The second-order valence-corrected chi connectivity index (χ2v) is 7.13. The maximum absolute atomic E-state index is 12.7. The molecule has 0 heterocycles. The summed E-state index contributed by atoms with van der Waals surface area (Å²) in [5, 5.41) is 5.45. The number of fused-ring (bicyclic) bond motifs is 3. The first-order valence-electron chi connectivity index (χ1n) is 8.51. The molecule has 2 saturated carbocycles. The van der Waals surface area contributed by atoms with E-state index >= 15 is 0 Å². The van der Waals surface area contributed by atoms with Crippen LogP contribution in [0.25, 0.3) is 10.8 Å². The molecule has 0 unspecified atom stereocenters. The zero-order valence-electron chi connectivity index (χ0n) is 13.1. The average Bonchev–Trinajstić information content (AvgIpc) is 3.17. The molecule has 0 spiro atoms. The third kappa shape index (κ3) is 2.31. The molecule has 1 amide bonds. The Balaban J connectivity index is 1.54. The van der Waals surface area contributed by atoms with E-state index in [0.29, 0.717) is 5.92 Å². The highest BCUT2D eigenvalue weighted by molar-refractivity contribution is 6.07. The van der Waals surface area contributed by atoms with Gasteiger partial charge in [-0.2, -0.15) is 0 Å². The summed E-state index contributed by atoms with van der Waals surface area (Å²) in [4.78, 5) is 12.7. The number of carbonyl (C=O) groups excluding carboxylic acids is 1. The normalized spacial score (nSPS) is 28.0. The summed E-state index contributed by atoms with van der Waals surface area (Å²) in [6, 6.07) is 14.4. The molecule has 0 radical (unpaired) electrons. The van der Waals surface area contributed by atoms with Crippen molar-refractivity contribution in [2.45, 2.75) is 38.6 Å². The molecule has 2 bridgehead atoms. The second kappa shape index (κ2) is 5.42. The van der Waals surface area contributed by atoms with Crippen molar-refractivity contribution in [3.8, 4) is 0 Å². The number of amides is 1. The number of hydrogen-bond donors (Lipinski definition) is 1. The highest BCUT2D eigenvalue weighted by Crippen LogP contribution is 2.49. The van der Waals surface area contributed by atoms with Gasteiger partial charge in [-0.1, -0.05) is 42.8 Å². The van der Waals surface area contributed by atoms with Gasteiger partial charge in [0.1, 0.15) is 0 Å². The van der Waals surface area contributed by atoms with Gasteiger partial charge >= 0.3 is 0 Å². The van der Waals surface area contributed by atoms with Crippen LogP contribution in [0.15, 0.2) is 42.5 Å². The minimum Gasteiger partial charge on any atom is -0.349 e. The lowest BCUT2D eigenvalue weighted by Crippen LogP contribution is -2.40. The van der Waals surface area contributed by atoms with Gasteiger partial charge in [0.15, 0.2) is 0 Å². The lowest BCUT2D eigenvalue weighted by atomic mass is 9.84. The van der Waals surface area contributed by atoms with E-state index in [1.807, 2.05) is 30.3 Å². The smallest absolute Gasteiger partial charge is 0.252 e. The highest BCUT2D eigenvalue weighted by Gasteiger charge is 2.42. The molecule has 2 aromatic rings. The van der Waals surface area contributed by atoms with Crippen molar-refractivity contribution >= 4 is 16.7 Å². The van der Waals surface area contributed by atoms with Gasteiger partial charge in [-0.25, -0.2) is 0 Å². The average molecular weight is 293 g/mol. The van der Waals surface area contributed by atoms with E-state index in [-0.39, 0.29) is 11.9 Å². The van der Waals surface area contributed by atoms with Gasteiger partial charge in [0.2, 0.25) is 0 Å². The van der Waals surface area contributed by atoms with Gasteiger partial charge in [-0.05, 0) is 60.8 Å². The number of hydrogen-bond acceptors (Lipinski definition) is 1. The first kappa shape index (κ1) is 13.8. The maximum Gasteiger partial charge on any atom is 0.252 e. The first-order chi connectivity index (χ1) is 10.7. The van der Waals surface area contributed by atoms with E-state index in [9.17, 15) is 4.79 Å². The molecule has 4 atom stereocenters. The van der Waals surface area contributed by atoms with Gasteiger partial charge in [0.25, 0.3) is 5.91 Å². The van der Waals surface area contributed by atoms with Crippen LogP contribution in [0.2, 0.25) is 0 Å². The van der Waals surface area contributed by atoms with Crippen LogP contribution >= 0.6 is 0 Å². The van der Waals surface area contributed by atoms with Crippen LogP contribution < -0.4 is 5.32 Å². The number of nitrogens with one attached hydrogen (secondary N) is 1. The van der Waals surface area contributed by atoms with Crippen molar-refractivity contribution in [3.63, 3.8) is 0 Å². The summed E-state index contributed by atoms with van der Waals surface area (Å²) in [6.45, 7) is 2.19. The molecule has 4 rings (SSSR count). The SMILES string of the molecule is C[C@@H](NC(=O)c1cccc2ccccc12)[C@@H]1C[C@@H]2CC[C@@H]1C2. The Labute approximate surface area is 131 Å². The van der Waals surface area contributed by atoms with Crippen molar-refractivity contribution in [1.29, 1.82) is 0 Å². The predicted octanol–water partition coefficient (Wildman–Crippen LogP) is 4.39. The van der Waals surface area contributed by atoms with Crippen molar-refractivity contribution in [2.75, 3.05) is 0 Å². The molecule has 0 saturated heterocycles. The summed E-state index contributed by atoms with van der Waals surface area (Å²) >= 11 is 0. The van der Waals surface area contributed by atoms with Crippen LogP contribution in [0.5, 0.6) is 0 Å². The molecule has 2 fully saturated rings. The molecule has 0 aromatic heterocycles. The Morgan fingerprint density at radius 3 is 2.68 bits per heavy atom. The van der Waals surface area contributed by atoms with Crippen LogP contribution in [0.4, 0.5) is 0 Å². The lowest BCUT2D eigenvalue weighted by molar-refractivity contribution is 0.0917. The summed E-state index contributed by atoms with van der Waals surface area (Å²) in [6.07, 6.45) is 5.47. The van der Waals surface area contributed by atoms with Gasteiger partial charge < -0.3 is 5.32 Å². The standard InChI is InChI=1S/C20H23NO/c1-13(19-12-14-9-10-16(19)11-14)21-20(22)18-8-4-6-15-5-2-3-7-17(15)18/h2-8,13-14,16,19H,9-12H2,1H3,(H,21,22)/t13-,14-,16-,19+/m1/s1. The molecular formula is C20H23NO. The number of carbonyl (C=O) groups is 1. The van der Waals surface area contributed by atoms with Crippen molar-refractivity contribution in [1.82, 2.24) is 5.32 Å². The van der Waals surface area contributed by atoms with Crippen LogP contribution in [0, 0.1) is 17.8 Å². The lowest BCUT2D eigenvalue weighted by Gasteiger charge is -2.28. The molecule has 1 N–H and O–H groups in total. The minimum absolute atomic E-state index is 0.0760. The van der Waals surface area contributed by atoms with E-state index in [1.54, 1.807) is 0 Å². The summed E-state index contributed by atoms with van der Waals surface area (Å²) in [5.41, 5.74) is 0.799. The minimum atomic E-state index is 0.0760. The molecular weight excluding hydrogens is 270 g/mol. The maximum atomic E-state index is 12.7. The third-order valence-electron chi connectivity index (χ3n) is 5.83. The highest BCUT2D eigenvalue weighted by atomic mass is 16.1. The molecule has 2 aliphatic rings. The van der Waals surface area contributed by atoms with Crippen molar-refractivity contribution in [3.05, 3.63) is 48.0 Å². The zero-order chi connectivity index (χ0) is 15.1. The van der Waals surface area contributed by atoms with E-state index < -0.39 is 0 Å². The number of rotatable bonds is 3. The second-order valence-electron chi connectivity index (χ2n) is 7.13. The monoisotopic (exact) mass is 293 g/mol. The summed E-state index contributed by atoms with van der Waals surface area (Å²) in [5.74, 6) is 2.52. The topological polar surface area (TPSA) is 29.1 Å². The summed E-state index contributed by atoms with van der Waals surface area (Å²) < 4.78 is 0. The molecule has 22 heavy (non-hydrogen) atoms. The Kier molecular flexibility index (Phi) is 3.40. The zero-order valence-corrected chi connectivity index (χ0v) is 13.1. The van der Waals surface area contributed by atoms with Gasteiger partial charge in [-0.3, -0.25) is 4.79 Å². The van der Waals surface area contributed by atoms with E-state index in [0.717, 1.165) is 28.2 Å². The van der Waals surface area contributed by atoms with Gasteiger partial charge in [-0.15, -0.1) is 0 Å². The first-order valence-corrected chi connectivity index (χ1v) is 8.51.